The second kappa shape index (κ2) is 10.6. The van der Waals surface area contributed by atoms with E-state index in [9.17, 15) is 9.59 Å². The molecule has 2 aliphatic rings. The molecule has 0 spiro atoms. The van der Waals surface area contributed by atoms with Crippen LogP contribution in [-0.2, 0) is 18.8 Å². The molecule has 2 saturated heterocycles. The molecular weight excluding hydrogens is 495 g/mol. The van der Waals surface area contributed by atoms with Crippen LogP contribution in [0.3, 0.4) is 0 Å². The Kier molecular flexibility index (Phi) is 7.93. The number of carbonyl (C=O) groups is 2. The summed E-state index contributed by atoms with van der Waals surface area (Å²) in [6.07, 6.45) is 2.89. The van der Waals surface area contributed by atoms with Crippen molar-refractivity contribution in [1.29, 1.82) is 0 Å². The standard InChI is InChI=1S/C29H43BN4O5/c1-18(2)23(33-26(36)37-27(3,4)5)25(35)34-16-10-11-22(34)24-31-17-21(32-24)19-12-14-20(15-13-19)30-38-28(6,7)29(8,9)39-30/h12-15,17-18,22-23H,10-11,16H2,1-9H3,(H,31,32)(H,33,36)/t22-,23?/m0/s1. The molecule has 2 atom stereocenters. The van der Waals surface area contributed by atoms with Gasteiger partial charge in [0.15, 0.2) is 0 Å². The van der Waals surface area contributed by atoms with E-state index in [1.807, 2.05) is 70.7 Å². The number of ether oxygens (including phenoxy) is 1. The minimum absolute atomic E-state index is 0.0964. The molecule has 0 saturated carbocycles. The summed E-state index contributed by atoms with van der Waals surface area (Å²) in [6, 6.07) is 7.20. The van der Waals surface area contributed by atoms with Crippen LogP contribution in [0.15, 0.2) is 30.5 Å². The van der Waals surface area contributed by atoms with E-state index in [2.05, 4.69) is 15.3 Å². The maximum absolute atomic E-state index is 13.6. The van der Waals surface area contributed by atoms with E-state index < -0.39 is 36.1 Å². The maximum Gasteiger partial charge on any atom is 0.494 e. The highest BCUT2D eigenvalue weighted by Crippen LogP contribution is 2.37. The van der Waals surface area contributed by atoms with E-state index in [0.717, 1.165) is 35.4 Å². The van der Waals surface area contributed by atoms with Gasteiger partial charge in [-0.05, 0) is 78.3 Å². The van der Waals surface area contributed by atoms with Crippen LogP contribution in [0.25, 0.3) is 11.3 Å². The van der Waals surface area contributed by atoms with Crippen LogP contribution < -0.4 is 10.8 Å². The second-order valence-electron chi connectivity index (χ2n) is 12.9. The van der Waals surface area contributed by atoms with Crippen molar-refractivity contribution in [3.8, 4) is 11.3 Å². The molecule has 1 aromatic heterocycles. The monoisotopic (exact) mass is 538 g/mol. The van der Waals surface area contributed by atoms with Gasteiger partial charge in [0.1, 0.15) is 17.5 Å². The van der Waals surface area contributed by atoms with Gasteiger partial charge in [-0.3, -0.25) is 4.79 Å². The molecule has 1 aromatic carbocycles. The minimum atomic E-state index is -0.683. The highest BCUT2D eigenvalue weighted by Gasteiger charge is 2.51. The smallest absolute Gasteiger partial charge is 0.444 e. The fourth-order valence-electron chi connectivity index (χ4n) is 4.89. The zero-order valence-electron chi connectivity index (χ0n) is 24.8. The number of amides is 2. The van der Waals surface area contributed by atoms with Crippen molar-refractivity contribution in [1.82, 2.24) is 20.2 Å². The Morgan fingerprint density at radius 3 is 2.31 bits per heavy atom. The highest BCUT2D eigenvalue weighted by atomic mass is 16.7. The van der Waals surface area contributed by atoms with E-state index in [1.165, 1.54) is 0 Å². The third-order valence-electron chi connectivity index (χ3n) is 7.80. The first-order chi connectivity index (χ1) is 18.1. The topological polar surface area (TPSA) is 106 Å². The summed E-state index contributed by atoms with van der Waals surface area (Å²) < 4.78 is 17.7. The van der Waals surface area contributed by atoms with E-state index >= 15 is 0 Å². The van der Waals surface area contributed by atoms with Gasteiger partial charge in [0.25, 0.3) is 0 Å². The summed E-state index contributed by atoms with van der Waals surface area (Å²) in [5.74, 6) is 0.523. The molecule has 212 valence electrons. The average Bonchev–Trinajstić information content (AvgIpc) is 3.53. The number of carbonyl (C=O) groups excluding carboxylic acids is 2. The van der Waals surface area contributed by atoms with Crippen molar-refractivity contribution in [2.45, 2.75) is 104 Å². The van der Waals surface area contributed by atoms with Crippen molar-refractivity contribution in [3.05, 3.63) is 36.3 Å². The number of hydrogen-bond donors (Lipinski definition) is 2. The number of aromatic nitrogens is 2. The van der Waals surface area contributed by atoms with Crippen LogP contribution in [0.2, 0.25) is 0 Å². The van der Waals surface area contributed by atoms with Crippen LogP contribution in [0, 0.1) is 5.92 Å². The van der Waals surface area contributed by atoms with Crippen LogP contribution in [-0.4, -0.2) is 63.4 Å². The lowest BCUT2D eigenvalue weighted by molar-refractivity contribution is -0.135. The lowest BCUT2D eigenvalue weighted by Gasteiger charge is -2.32. The predicted octanol–water partition coefficient (Wildman–Crippen LogP) is 4.59. The zero-order chi connectivity index (χ0) is 28.8. The lowest BCUT2D eigenvalue weighted by Crippen LogP contribution is -2.52. The molecule has 2 N–H and O–H groups in total. The molecule has 10 heteroatoms. The van der Waals surface area contributed by atoms with E-state index in [-0.39, 0.29) is 17.9 Å². The van der Waals surface area contributed by atoms with Crippen LogP contribution >= 0.6 is 0 Å². The Morgan fingerprint density at radius 1 is 1.13 bits per heavy atom. The van der Waals surface area contributed by atoms with Crippen molar-refractivity contribution >= 4 is 24.6 Å². The molecule has 2 aromatic rings. The molecule has 3 heterocycles. The number of likely N-dealkylation sites (tertiary alicyclic amines) is 1. The van der Waals surface area contributed by atoms with Crippen LogP contribution in [0.1, 0.15) is 87.0 Å². The highest BCUT2D eigenvalue weighted by molar-refractivity contribution is 6.62. The molecule has 1 unspecified atom stereocenters. The molecular formula is C29H43BN4O5. The Bertz CT molecular complexity index is 1170. The summed E-state index contributed by atoms with van der Waals surface area (Å²) >= 11 is 0. The third kappa shape index (κ3) is 6.33. The fraction of sp³-hybridized carbons (Fsp3) is 0.621. The average molecular weight is 538 g/mol. The van der Waals surface area contributed by atoms with Gasteiger partial charge in [-0.15, -0.1) is 0 Å². The first-order valence-electron chi connectivity index (χ1n) is 13.9. The van der Waals surface area contributed by atoms with Crippen molar-refractivity contribution in [3.63, 3.8) is 0 Å². The van der Waals surface area contributed by atoms with Crippen LogP contribution in [0.4, 0.5) is 4.79 Å². The molecule has 2 aliphatic heterocycles. The Hall–Kier alpha value is -2.85. The summed E-state index contributed by atoms with van der Waals surface area (Å²) in [5, 5.41) is 2.79. The van der Waals surface area contributed by atoms with Gasteiger partial charge in [0.05, 0.1) is 29.1 Å². The molecule has 2 amide bonds. The SMILES string of the molecule is CC(C)C(NC(=O)OC(C)(C)C)C(=O)N1CCC[C@H]1c1ncc(-c2ccc(B3OC(C)(C)C(C)(C)O3)cc2)[nH]1. The largest absolute Gasteiger partial charge is 0.494 e. The normalized spacial score (nSPS) is 21.3. The summed E-state index contributed by atoms with van der Waals surface area (Å²) in [4.78, 5) is 35.9. The molecule has 4 rings (SSSR count). The number of alkyl carbamates (subject to hydrolysis) is 1. The predicted molar refractivity (Wildman–Crippen MR) is 151 cm³/mol. The number of aromatic amines is 1. The number of imidazole rings is 1. The molecule has 39 heavy (non-hydrogen) atoms. The Balaban J connectivity index is 1.46. The van der Waals surface area contributed by atoms with E-state index in [1.54, 1.807) is 27.0 Å². The maximum atomic E-state index is 13.6. The van der Waals surface area contributed by atoms with E-state index in [4.69, 9.17) is 14.0 Å². The van der Waals surface area contributed by atoms with E-state index in [0.29, 0.717) is 6.54 Å². The first-order valence-corrected chi connectivity index (χ1v) is 13.9. The van der Waals surface area contributed by atoms with Gasteiger partial charge in [-0.2, -0.15) is 0 Å². The molecule has 0 bridgehead atoms. The number of benzene rings is 1. The number of nitrogens with one attached hydrogen (secondary N) is 2. The molecule has 2 fully saturated rings. The quantitative estimate of drug-likeness (QED) is 0.522. The number of rotatable bonds is 6. The van der Waals surface area contributed by atoms with Crippen molar-refractivity contribution < 1.29 is 23.6 Å². The number of H-pyrrole nitrogens is 1. The van der Waals surface area contributed by atoms with Gasteiger partial charge in [-0.1, -0.05) is 38.1 Å². The van der Waals surface area contributed by atoms with Gasteiger partial charge < -0.3 is 29.2 Å². The van der Waals surface area contributed by atoms with Crippen LogP contribution in [0.5, 0.6) is 0 Å². The fourth-order valence-corrected chi connectivity index (χ4v) is 4.89. The summed E-state index contributed by atoms with van der Waals surface area (Å²) in [7, 11) is -0.414. The number of nitrogens with zero attached hydrogens (tertiary/aromatic N) is 2. The van der Waals surface area contributed by atoms with Gasteiger partial charge in [-0.25, -0.2) is 9.78 Å². The summed E-state index contributed by atoms with van der Waals surface area (Å²) in [5.41, 5.74) is 1.39. The third-order valence-corrected chi connectivity index (χ3v) is 7.80. The Morgan fingerprint density at radius 2 is 1.74 bits per heavy atom. The second-order valence-corrected chi connectivity index (χ2v) is 12.9. The van der Waals surface area contributed by atoms with Gasteiger partial charge in [0, 0.05) is 6.54 Å². The molecule has 0 radical (unpaired) electrons. The van der Waals surface area contributed by atoms with Gasteiger partial charge in [0.2, 0.25) is 5.91 Å². The lowest BCUT2D eigenvalue weighted by atomic mass is 9.79. The zero-order valence-corrected chi connectivity index (χ0v) is 24.8. The van der Waals surface area contributed by atoms with Crippen molar-refractivity contribution in [2.24, 2.45) is 5.92 Å². The summed E-state index contributed by atoms with van der Waals surface area (Å²) in [6.45, 7) is 18.0. The number of hydrogen-bond acceptors (Lipinski definition) is 6. The van der Waals surface area contributed by atoms with Crippen molar-refractivity contribution in [2.75, 3.05) is 6.54 Å². The molecule has 0 aliphatic carbocycles. The molecule has 9 nitrogen and oxygen atoms in total. The Labute approximate surface area is 232 Å². The first kappa shape index (κ1) is 29.1. The minimum Gasteiger partial charge on any atom is -0.444 e. The van der Waals surface area contributed by atoms with Gasteiger partial charge >= 0.3 is 13.2 Å².